The van der Waals surface area contributed by atoms with Crippen molar-refractivity contribution in [2.24, 2.45) is 5.41 Å². The van der Waals surface area contributed by atoms with Crippen molar-refractivity contribution in [1.29, 1.82) is 0 Å². The molecule has 4 N–H and O–H groups in total. The molecule has 14 heavy (non-hydrogen) atoms. The molecule has 0 rings (SSSR count). The van der Waals surface area contributed by atoms with Gasteiger partial charge in [-0.2, -0.15) is 0 Å². The maximum Gasteiger partial charge on any atom is 0.527 e. The van der Waals surface area contributed by atoms with Crippen molar-refractivity contribution in [3.8, 4) is 0 Å². The fourth-order valence-electron chi connectivity index (χ4n) is 0.573. The lowest BCUT2D eigenvalue weighted by Crippen LogP contribution is -2.39. The average Bonchev–Trinajstić information content (AvgIpc) is 2.00. The van der Waals surface area contributed by atoms with Crippen LogP contribution in [0, 0.1) is 5.41 Å². The van der Waals surface area contributed by atoms with Crippen molar-refractivity contribution in [2.45, 2.75) is 20.0 Å². The molecule has 0 fully saturated rings. The number of hydrogen-bond donors (Lipinski definition) is 4. The first-order valence-electron chi connectivity index (χ1n) is 3.68. The lowest BCUT2D eigenvalue weighted by atomic mass is 9.88. The molecule has 8 heteroatoms. The van der Waals surface area contributed by atoms with Crippen LogP contribution in [0.25, 0.3) is 0 Å². The van der Waals surface area contributed by atoms with E-state index in [0.717, 1.165) is 0 Å². The first-order chi connectivity index (χ1) is 6.10. The number of carbonyl (C=O) groups is 1. The van der Waals surface area contributed by atoms with Gasteiger partial charge in [0, 0.05) is 5.41 Å². The minimum absolute atomic E-state index is 0.523. The quantitative estimate of drug-likeness (QED) is 0.455. The Kier molecular flexibility index (Phi) is 4.23. The van der Waals surface area contributed by atoms with Crippen LogP contribution in [0.5, 0.6) is 0 Å². The SMILES string of the molecule is CC(C)(CO)C(O)C(=O)OP(=O)(O)O. The number of phosphoric acid groups is 1. The van der Waals surface area contributed by atoms with E-state index in [9.17, 15) is 14.5 Å². The van der Waals surface area contributed by atoms with Crippen molar-refractivity contribution in [3.63, 3.8) is 0 Å². The molecule has 0 saturated carbocycles. The second-order valence-electron chi connectivity index (χ2n) is 3.45. The summed E-state index contributed by atoms with van der Waals surface area (Å²) in [6, 6.07) is 0. The third-order valence-corrected chi connectivity index (χ3v) is 2.00. The molecule has 1 unspecified atom stereocenters. The Morgan fingerprint density at radius 1 is 1.50 bits per heavy atom. The first-order valence-corrected chi connectivity index (χ1v) is 5.21. The summed E-state index contributed by atoms with van der Waals surface area (Å²) in [6.07, 6.45) is -1.79. The zero-order chi connectivity index (χ0) is 11.6. The van der Waals surface area contributed by atoms with Crippen molar-refractivity contribution < 1.29 is 33.9 Å². The fourth-order valence-corrected chi connectivity index (χ4v) is 0.907. The predicted molar refractivity (Wildman–Crippen MR) is 45.0 cm³/mol. The number of hydrogen-bond acceptors (Lipinski definition) is 5. The van der Waals surface area contributed by atoms with Crippen LogP contribution in [-0.4, -0.2) is 38.7 Å². The summed E-state index contributed by atoms with van der Waals surface area (Å²) >= 11 is 0. The maximum absolute atomic E-state index is 10.9. The van der Waals surface area contributed by atoms with Crippen molar-refractivity contribution in [1.82, 2.24) is 0 Å². The Morgan fingerprint density at radius 2 is 1.93 bits per heavy atom. The summed E-state index contributed by atoms with van der Waals surface area (Å²) in [5.74, 6) is -1.46. The summed E-state index contributed by atoms with van der Waals surface area (Å²) in [5.41, 5.74) is -1.22. The molecule has 84 valence electrons. The van der Waals surface area contributed by atoms with Gasteiger partial charge in [-0.25, -0.2) is 9.36 Å². The van der Waals surface area contributed by atoms with Gasteiger partial charge in [0.15, 0.2) is 6.10 Å². The summed E-state index contributed by atoms with van der Waals surface area (Å²) in [7, 11) is -4.95. The Bertz CT molecular complexity index is 255. The summed E-state index contributed by atoms with van der Waals surface area (Å²) in [6.45, 7) is 2.17. The van der Waals surface area contributed by atoms with Crippen LogP contribution >= 0.6 is 7.82 Å². The average molecular weight is 228 g/mol. The number of phosphoric ester groups is 1. The minimum atomic E-state index is -4.95. The minimum Gasteiger partial charge on any atom is -0.396 e. The Balaban J connectivity index is 4.49. The smallest absolute Gasteiger partial charge is 0.396 e. The molecule has 0 aromatic carbocycles. The standard InChI is InChI=1S/C6H13O7P/c1-6(2,3-7)4(8)5(9)13-14(10,11)12/h4,7-8H,3H2,1-2H3,(H2,10,11,12). The van der Waals surface area contributed by atoms with Gasteiger partial charge in [0.05, 0.1) is 6.61 Å². The van der Waals surface area contributed by atoms with Gasteiger partial charge in [0.1, 0.15) is 0 Å². The summed E-state index contributed by atoms with van der Waals surface area (Å²) in [4.78, 5) is 27.4. The zero-order valence-corrected chi connectivity index (χ0v) is 8.64. The highest BCUT2D eigenvalue weighted by atomic mass is 31.2. The summed E-state index contributed by atoms with van der Waals surface area (Å²) in [5, 5.41) is 18.0. The molecule has 0 aliphatic carbocycles. The van der Waals surface area contributed by atoms with Crippen LogP contribution in [0.2, 0.25) is 0 Å². The maximum atomic E-state index is 10.9. The van der Waals surface area contributed by atoms with Gasteiger partial charge in [0.25, 0.3) is 0 Å². The molecule has 0 aromatic heterocycles. The van der Waals surface area contributed by atoms with Gasteiger partial charge in [-0.15, -0.1) is 0 Å². The number of aliphatic hydroxyl groups is 2. The molecule has 0 saturated heterocycles. The normalized spacial score (nSPS) is 15.0. The van der Waals surface area contributed by atoms with E-state index in [1.807, 2.05) is 0 Å². The van der Waals surface area contributed by atoms with E-state index in [-0.39, 0.29) is 0 Å². The highest BCUT2D eigenvalue weighted by Crippen LogP contribution is 2.37. The molecule has 0 aliphatic heterocycles. The van der Waals surface area contributed by atoms with E-state index in [1.165, 1.54) is 13.8 Å². The van der Waals surface area contributed by atoms with Gasteiger partial charge in [-0.1, -0.05) is 13.8 Å². The van der Waals surface area contributed by atoms with E-state index in [4.69, 9.17) is 14.9 Å². The lowest BCUT2D eigenvalue weighted by Gasteiger charge is -2.26. The molecule has 0 spiro atoms. The molecule has 0 aromatic rings. The second kappa shape index (κ2) is 4.37. The van der Waals surface area contributed by atoms with E-state index in [2.05, 4.69) is 4.52 Å². The van der Waals surface area contributed by atoms with Crippen LogP contribution in [-0.2, 0) is 13.9 Å². The van der Waals surface area contributed by atoms with Crippen LogP contribution in [0.1, 0.15) is 13.8 Å². The van der Waals surface area contributed by atoms with Crippen molar-refractivity contribution >= 4 is 13.8 Å². The first kappa shape index (κ1) is 13.5. The third kappa shape index (κ3) is 4.17. The van der Waals surface area contributed by atoms with Gasteiger partial charge in [-0.05, 0) is 0 Å². The Morgan fingerprint density at radius 3 is 2.21 bits per heavy atom. The lowest BCUT2D eigenvalue weighted by molar-refractivity contribution is -0.153. The topological polar surface area (TPSA) is 124 Å². The van der Waals surface area contributed by atoms with Gasteiger partial charge in [0.2, 0.25) is 0 Å². The molecule has 0 heterocycles. The molecular weight excluding hydrogens is 215 g/mol. The van der Waals surface area contributed by atoms with E-state index in [1.54, 1.807) is 0 Å². The highest BCUT2D eigenvalue weighted by molar-refractivity contribution is 7.46. The van der Waals surface area contributed by atoms with E-state index in [0.29, 0.717) is 0 Å². The third-order valence-electron chi connectivity index (χ3n) is 1.58. The van der Waals surface area contributed by atoms with Crippen LogP contribution < -0.4 is 0 Å². The highest BCUT2D eigenvalue weighted by Gasteiger charge is 2.37. The van der Waals surface area contributed by atoms with Gasteiger partial charge < -0.3 is 14.7 Å². The summed E-state index contributed by atoms with van der Waals surface area (Å²) < 4.78 is 13.9. The van der Waals surface area contributed by atoms with Crippen molar-refractivity contribution in [2.75, 3.05) is 6.61 Å². The number of carbonyl (C=O) groups excluding carboxylic acids is 1. The van der Waals surface area contributed by atoms with Crippen LogP contribution in [0.4, 0.5) is 0 Å². The van der Waals surface area contributed by atoms with Crippen LogP contribution in [0.3, 0.4) is 0 Å². The van der Waals surface area contributed by atoms with Crippen molar-refractivity contribution in [3.05, 3.63) is 0 Å². The number of rotatable bonds is 4. The Labute approximate surface area is 80.6 Å². The number of aliphatic hydroxyl groups excluding tert-OH is 2. The van der Waals surface area contributed by atoms with E-state index < -0.39 is 31.9 Å². The molecule has 0 aliphatic rings. The van der Waals surface area contributed by atoms with Crippen LogP contribution in [0.15, 0.2) is 0 Å². The molecule has 0 amide bonds. The monoisotopic (exact) mass is 228 g/mol. The molecule has 0 bridgehead atoms. The van der Waals surface area contributed by atoms with Gasteiger partial charge in [-0.3, -0.25) is 9.79 Å². The molecule has 0 radical (unpaired) electrons. The molecule has 1 atom stereocenters. The second-order valence-corrected chi connectivity index (χ2v) is 4.61. The van der Waals surface area contributed by atoms with E-state index >= 15 is 0 Å². The predicted octanol–water partition coefficient (Wildman–Crippen LogP) is -0.998. The Hall–Kier alpha value is -0.460. The van der Waals surface area contributed by atoms with Gasteiger partial charge >= 0.3 is 13.8 Å². The zero-order valence-electron chi connectivity index (χ0n) is 7.75. The molecular formula is C6H13O7P. The fraction of sp³-hybridized carbons (Fsp3) is 0.833. The molecule has 7 nitrogen and oxygen atoms in total. The largest absolute Gasteiger partial charge is 0.527 e.